The van der Waals surface area contributed by atoms with Crippen molar-refractivity contribution in [3.05, 3.63) is 30.5 Å². The van der Waals surface area contributed by atoms with Gasteiger partial charge >= 0.3 is 0 Å². The van der Waals surface area contributed by atoms with Gasteiger partial charge in [-0.2, -0.15) is 4.31 Å². The fourth-order valence-electron chi connectivity index (χ4n) is 4.64. The summed E-state index contributed by atoms with van der Waals surface area (Å²) in [5.74, 6) is 0.927. The molecule has 2 saturated heterocycles. The van der Waals surface area contributed by atoms with Gasteiger partial charge in [0.15, 0.2) is 0 Å². The number of nitrogens with zero attached hydrogens (tertiary/aromatic N) is 3. The Kier molecular flexibility index (Phi) is 5.63. The van der Waals surface area contributed by atoms with Gasteiger partial charge in [0, 0.05) is 51.4 Å². The lowest BCUT2D eigenvalue weighted by Gasteiger charge is -2.42. The number of benzene rings is 1. The normalized spacial score (nSPS) is 25.5. The van der Waals surface area contributed by atoms with E-state index in [1.54, 1.807) is 0 Å². The molecule has 0 aliphatic carbocycles. The lowest BCUT2D eigenvalue weighted by Crippen LogP contribution is -2.56. The lowest BCUT2D eigenvalue weighted by atomic mass is 9.92. The van der Waals surface area contributed by atoms with E-state index >= 15 is 0 Å². The number of hydrogen-bond donors (Lipinski definition) is 1. The number of ether oxygens (including phenoxy) is 1. The summed E-state index contributed by atoms with van der Waals surface area (Å²) in [7, 11) is -1.23. The average Bonchev–Trinajstić information content (AvgIpc) is 3.05. The van der Waals surface area contributed by atoms with Crippen molar-refractivity contribution in [1.29, 1.82) is 0 Å². The quantitative estimate of drug-likeness (QED) is 0.797. The van der Waals surface area contributed by atoms with Crippen LogP contribution in [0.3, 0.4) is 0 Å². The molecule has 7 nitrogen and oxygen atoms in total. The van der Waals surface area contributed by atoms with Crippen LogP contribution in [0.15, 0.2) is 30.5 Å². The number of aliphatic hydroxyl groups is 1. The van der Waals surface area contributed by atoms with Crippen LogP contribution in [0.25, 0.3) is 10.9 Å². The molecule has 160 valence electrons. The Morgan fingerprint density at radius 3 is 2.69 bits per heavy atom. The van der Waals surface area contributed by atoms with E-state index in [1.165, 1.54) is 10.6 Å². The first-order valence-corrected chi connectivity index (χ1v) is 12.2. The summed E-state index contributed by atoms with van der Waals surface area (Å²) in [4.78, 5) is 2.24. The zero-order chi connectivity index (χ0) is 20.6. The first-order valence-electron chi connectivity index (χ1n) is 10.3. The van der Waals surface area contributed by atoms with E-state index in [9.17, 15) is 13.5 Å². The monoisotopic (exact) mass is 421 g/mol. The van der Waals surface area contributed by atoms with Crippen LogP contribution < -0.4 is 4.74 Å². The van der Waals surface area contributed by atoms with Gasteiger partial charge in [0.1, 0.15) is 11.9 Å². The maximum Gasteiger partial charge on any atom is 0.211 e. The van der Waals surface area contributed by atoms with Gasteiger partial charge in [-0.3, -0.25) is 0 Å². The first kappa shape index (κ1) is 20.7. The summed E-state index contributed by atoms with van der Waals surface area (Å²) in [6.45, 7) is 2.90. The fraction of sp³-hybridized carbons (Fsp3) is 0.619. The Morgan fingerprint density at radius 1 is 1.21 bits per heavy atom. The number of hydrogen-bond acceptors (Lipinski definition) is 5. The second-order valence-electron chi connectivity index (χ2n) is 8.63. The molecule has 1 N–H and O–H groups in total. The minimum absolute atomic E-state index is 0.158. The molecule has 0 radical (unpaired) electrons. The molecule has 1 aromatic heterocycles. The highest BCUT2D eigenvalue weighted by Gasteiger charge is 2.38. The minimum Gasteiger partial charge on any atom is -0.490 e. The Labute approximate surface area is 172 Å². The standard InChI is InChI=1S/C21H31N3O4S/c1-22-12-9-18-19(22)5-3-6-20(18)28-17-7-13-23(14-8-17)15-21(25)10-4-11-24(16-21)29(2,26)27/h3,5-6,9,12,17,25H,4,7-8,10-11,13-16H2,1-2H3. The smallest absolute Gasteiger partial charge is 0.211 e. The van der Waals surface area contributed by atoms with E-state index in [4.69, 9.17) is 4.74 Å². The van der Waals surface area contributed by atoms with Gasteiger partial charge in [0.2, 0.25) is 10.0 Å². The predicted octanol–water partition coefficient (Wildman–Crippen LogP) is 1.81. The summed E-state index contributed by atoms with van der Waals surface area (Å²) < 4.78 is 33.5. The van der Waals surface area contributed by atoms with Gasteiger partial charge in [-0.05, 0) is 43.9 Å². The van der Waals surface area contributed by atoms with E-state index < -0.39 is 15.6 Å². The van der Waals surface area contributed by atoms with Crippen LogP contribution in [0.2, 0.25) is 0 Å². The zero-order valence-corrected chi connectivity index (χ0v) is 18.1. The van der Waals surface area contributed by atoms with E-state index in [2.05, 4.69) is 21.6 Å². The zero-order valence-electron chi connectivity index (χ0n) is 17.2. The summed E-state index contributed by atoms with van der Waals surface area (Å²) in [5.41, 5.74) is 0.194. The van der Waals surface area contributed by atoms with E-state index in [0.717, 1.165) is 42.6 Å². The second-order valence-corrected chi connectivity index (χ2v) is 10.6. The number of fused-ring (bicyclic) bond motifs is 1. The molecule has 0 spiro atoms. The molecule has 2 aromatic rings. The molecular formula is C21H31N3O4S. The SMILES string of the molecule is Cn1ccc2c(OC3CCN(CC4(O)CCCN(S(C)(=O)=O)C4)CC3)cccc21. The number of aromatic nitrogens is 1. The van der Waals surface area contributed by atoms with Crippen LogP contribution in [0, 0.1) is 0 Å². The van der Waals surface area contributed by atoms with Crippen LogP contribution in [-0.2, 0) is 17.1 Å². The van der Waals surface area contributed by atoms with Crippen molar-refractivity contribution < 1.29 is 18.3 Å². The Morgan fingerprint density at radius 2 is 1.97 bits per heavy atom. The largest absolute Gasteiger partial charge is 0.490 e. The number of likely N-dealkylation sites (tertiary alicyclic amines) is 1. The molecule has 2 aliphatic heterocycles. The van der Waals surface area contributed by atoms with E-state index in [0.29, 0.717) is 25.9 Å². The van der Waals surface area contributed by atoms with Gasteiger partial charge in [0.05, 0.1) is 17.4 Å². The van der Waals surface area contributed by atoms with Crippen LogP contribution in [0.5, 0.6) is 5.75 Å². The van der Waals surface area contributed by atoms with Crippen molar-refractivity contribution in [3.63, 3.8) is 0 Å². The van der Waals surface area contributed by atoms with Crippen molar-refractivity contribution in [2.45, 2.75) is 37.4 Å². The molecule has 8 heteroatoms. The third kappa shape index (κ3) is 4.60. The van der Waals surface area contributed by atoms with Crippen LogP contribution >= 0.6 is 0 Å². The van der Waals surface area contributed by atoms with E-state index in [-0.39, 0.29) is 12.6 Å². The summed E-state index contributed by atoms with van der Waals surface area (Å²) in [5, 5.41) is 12.1. The molecule has 29 heavy (non-hydrogen) atoms. The Hall–Kier alpha value is -1.61. The number of sulfonamides is 1. The van der Waals surface area contributed by atoms with Gasteiger partial charge in [-0.25, -0.2) is 8.42 Å². The molecule has 0 saturated carbocycles. The summed E-state index contributed by atoms with van der Waals surface area (Å²) >= 11 is 0. The summed E-state index contributed by atoms with van der Waals surface area (Å²) in [6.07, 6.45) is 6.56. The molecule has 4 rings (SSSR count). The van der Waals surface area contributed by atoms with Gasteiger partial charge < -0.3 is 19.3 Å². The molecule has 2 aliphatic rings. The highest BCUT2D eigenvalue weighted by atomic mass is 32.2. The van der Waals surface area contributed by atoms with Crippen molar-refractivity contribution >= 4 is 20.9 Å². The molecule has 1 unspecified atom stereocenters. The predicted molar refractivity (Wildman–Crippen MR) is 114 cm³/mol. The highest BCUT2D eigenvalue weighted by Crippen LogP contribution is 2.30. The Bertz CT molecular complexity index is 965. The van der Waals surface area contributed by atoms with Crippen molar-refractivity contribution in [3.8, 4) is 5.75 Å². The molecular weight excluding hydrogens is 390 g/mol. The minimum atomic E-state index is -3.26. The number of rotatable bonds is 5. The highest BCUT2D eigenvalue weighted by molar-refractivity contribution is 7.88. The first-order chi connectivity index (χ1) is 13.7. The fourth-order valence-corrected chi connectivity index (χ4v) is 5.58. The third-order valence-electron chi connectivity index (χ3n) is 6.22. The van der Waals surface area contributed by atoms with Gasteiger partial charge in [0.25, 0.3) is 0 Å². The third-order valence-corrected chi connectivity index (χ3v) is 7.47. The summed E-state index contributed by atoms with van der Waals surface area (Å²) in [6, 6.07) is 8.24. The molecule has 1 aromatic carbocycles. The Balaban J connectivity index is 1.33. The van der Waals surface area contributed by atoms with Crippen LogP contribution in [-0.4, -0.2) is 78.0 Å². The van der Waals surface area contributed by atoms with Crippen molar-refractivity contribution in [2.75, 3.05) is 39.0 Å². The van der Waals surface area contributed by atoms with Crippen molar-refractivity contribution in [2.24, 2.45) is 7.05 Å². The maximum absolute atomic E-state index is 11.9. The van der Waals surface area contributed by atoms with Crippen LogP contribution in [0.4, 0.5) is 0 Å². The number of piperidine rings is 2. The van der Waals surface area contributed by atoms with E-state index in [1.807, 2.05) is 25.4 Å². The van der Waals surface area contributed by atoms with Gasteiger partial charge in [-0.15, -0.1) is 0 Å². The maximum atomic E-state index is 11.9. The molecule has 2 fully saturated rings. The average molecular weight is 422 g/mol. The molecule has 1 atom stereocenters. The van der Waals surface area contributed by atoms with Crippen molar-refractivity contribution in [1.82, 2.24) is 13.8 Å². The number of aryl methyl sites for hydroxylation is 1. The van der Waals surface area contributed by atoms with Gasteiger partial charge in [-0.1, -0.05) is 6.07 Å². The second kappa shape index (κ2) is 7.91. The molecule has 0 bridgehead atoms. The van der Waals surface area contributed by atoms with Crippen LogP contribution in [0.1, 0.15) is 25.7 Å². The molecule has 0 amide bonds. The lowest BCUT2D eigenvalue weighted by molar-refractivity contribution is -0.0437. The molecule has 3 heterocycles. The topological polar surface area (TPSA) is 75.0 Å². The number of β-amino-alcohol motifs (C(OH)–C–C–N with tert-alkyl or cyclic N) is 1.